The van der Waals surface area contributed by atoms with Gasteiger partial charge in [-0.1, -0.05) is 27.2 Å². The van der Waals surface area contributed by atoms with Gasteiger partial charge in [0.05, 0.1) is 6.04 Å². The van der Waals surface area contributed by atoms with Crippen molar-refractivity contribution in [3.05, 3.63) is 34.1 Å². The Morgan fingerprint density at radius 3 is 3.10 bits per heavy atom. The summed E-state index contributed by atoms with van der Waals surface area (Å²) in [5.74, 6) is 1.33. The SMILES string of the molecule is Cc1c(Br)cccc1-c1nc(C2CNCCN2C)no1. The summed E-state index contributed by atoms with van der Waals surface area (Å²) in [4.78, 5) is 6.83. The van der Waals surface area contributed by atoms with Crippen LogP contribution in [0.3, 0.4) is 0 Å². The number of likely N-dealkylation sites (N-methyl/N-ethyl adjacent to an activating group) is 1. The van der Waals surface area contributed by atoms with E-state index >= 15 is 0 Å². The van der Waals surface area contributed by atoms with Gasteiger partial charge in [-0.05, 0) is 31.7 Å². The predicted molar refractivity (Wildman–Crippen MR) is 80.4 cm³/mol. The zero-order valence-corrected chi connectivity index (χ0v) is 13.1. The van der Waals surface area contributed by atoms with E-state index in [1.165, 1.54) is 0 Å². The van der Waals surface area contributed by atoms with E-state index in [1.807, 2.05) is 25.1 Å². The molecule has 1 saturated heterocycles. The Hall–Kier alpha value is -1.24. The second-order valence-corrected chi connectivity index (χ2v) is 5.92. The Labute approximate surface area is 126 Å². The van der Waals surface area contributed by atoms with Gasteiger partial charge in [-0.25, -0.2) is 0 Å². The van der Waals surface area contributed by atoms with Crippen LogP contribution < -0.4 is 5.32 Å². The normalized spacial score (nSPS) is 20.2. The Morgan fingerprint density at radius 2 is 2.30 bits per heavy atom. The van der Waals surface area contributed by atoms with E-state index in [4.69, 9.17) is 4.52 Å². The van der Waals surface area contributed by atoms with Gasteiger partial charge < -0.3 is 9.84 Å². The van der Waals surface area contributed by atoms with Crippen LogP contribution in [0.15, 0.2) is 27.2 Å². The maximum atomic E-state index is 5.45. The highest BCUT2D eigenvalue weighted by Crippen LogP contribution is 2.28. The fourth-order valence-electron chi connectivity index (χ4n) is 2.41. The molecule has 0 saturated carbocycles. The van der Waals surface area contributed by atoms with Crippen LogP contribution in [0.2, 0.25) is 0 Å². The van der Waals surface area contributed by atoms with Gasteiger partial charge in [0.2, 0.25) is 0 Å². The summed E-state index contributed by atoms with van der Waals surface area (Å²) in [6, 6.07) is 6.16. The molecular weight excluding hydrogens is 320 g/mol. The maximum Gasteiger partial charge on any atom is 0.258 e. The molecule has 2 heterocycles. The molecule has 0 radical (unpaired) electrons. The van der Waals surface area contributed by atoms with Crippen molar-refractivity contribution in [1.82, 2.24) is 20.4 Å². The topological polar surface area (TPSA) is 54.2 Å². The number of hydrogen-bond donors (Lipinski definition) is 1. The number of nitrogens with zero attached hydrogens (tertiary/aromatic N) is 3. The van der Waals surface area contributed by atoms with Crippen LogP contribution in [0.4, 0.5) is 0 Å². The van der Waals surface area contributed by atoms with Crippen LogP contribution in [0.1, 0.15) is 17.4 Å². The second kappa shape index (κ2) is 5.63. The number of hydrogen-bond acceptors (Lipinski definition) is 5. The van der Waals surface area contributed by atoms with E-state index in [0.29, 0.717) is 5.89 Å². The number of aromatic nitrogens is 2. The molecule has 1 aliphatic rings. The monoisotopic (exact) mass is 336 g/mol. The van der Waals surface area contributed by atoms with Crippen molar-refractivity contribution in [3.8, 4) is 11.5 Å². The quantitative estimate of drug-likeness (QED) is 0.912. The molecule has 1 aromatic carbocycles. The molecule has 0 bridgehead atoms. The van der Waals surface area contributed by atoms with Crippen LogP contribution in [-0.4, -0.2) is 41.7 Å². The van der Waals surface area contributed by atoms with Gasteiger partial charge in [-0.15, -0.1) is 0 Å². The van der Waals surface area contributed by atoms with Crippen LogP contribution in [-0.2, 0) is 0 Å². The molecule has 1 N–H and O–H groups in total. The number of halogens is 1. The van der Waals surface area contributed by atoms with Crippen LogP contribution in [0, 0.1) is 6.92 Å². The summed E-state index contributed by atoms with van der Waals surface area (Å²) in [5, 5.41) is 7.52. The largest absolute Gasteiger partial charge is 0.334 e. The van der Waals surface area contributed by atoms with Crippen molar-refractivity contribution in [2.24, 2.45) is 0 Å². The van der Waals surface area contributed by atoms with Crippen molar-refractivity contribution in [1.29, 1.82) is 0 Å². The van der Waals surface area contributed by atoms with E-state index in [9.17, 15) is 0 Å². The molecule has 0 aliphatic carbocycles. The highest BCUT2D eigenvalue weighted by Gasteiger charge is 2.25. The lowest BCUT2D eigenvalue weighted by Gasteiger charge is -2.30. The first kappa shape index (κ1) is 13.7. The number of rotatable bonds is 2. The van der Waals surface area contributed by atoms with Crippen molar-refractivity contribution in [3.63, 3.8) is 0 Å². The molecule has 20 heavy (non-hydrogen) atoms. The maximum absolute atomic E-state index is 5.45. The molecular formula is C14H17BrN4O. The van der Waals surface area contributed by atoms with Gasteiger partial charge in [-0.3, -0.25) is 4.90 Å². The van der Waals surface area contributed by atoms with Gasteiger partial charge in [0, 0.05) is 29.7 Å². The summed E-state index contributed by atoms with van der Waals surface area (Å²) in [6.07, 6.45) is 0. The van der Waals surface area contributed by atoms with E-state index in [1.54, 1.807) is 0 Å². The summed E-state index contributed by atoms with van der Waals surface area (Å²) in [5.41, 5.74) is 2.09. The number of benzene rings is 1. The highest BCUT2D eigenvalue weighted by molar-refractivity contribution is 9.10. The minimum absolute atomic E-state index is 0.175. The van der Waals surface area contributed by atoms with Crippen molar-refractivity contribution in [2.45, 2.75) is 13.0 Å². The van der Waals surface area contributed by atoms with Crippen molar-refractivity contribution >= 4 is 15.9 Å². The summed E-state index contributed by atoms with van der Waals surface area (Å²) in [7, 11) is 2.09. The Morgan fingerprint density at radius 1 is 1.45 bits per heavy atom. The molecule has 1 fully saturated rings. The zero-order chi connectivity index (χ0) is 14.1. The molecule has 0 amide bonds. The van der Waals surface area contributed by atoms with Crippen LogP contribution in [0.25, 0.3) is 11.5 Å². The molecule has 0 spiro atoms. The molecule has 1 unspecified atom stereocenters. The van der Waals surface area contributed by atoms with E-state index < -0.39 is 0 Å². The van der Waals surface area contributed by atoms with Gasteiger partial charge in [0.25, 0.3) is 5.89 Å². The zero-order valence-electron chi connectivity index (χ0n) is 11.6. The molecule has 2 aromatic rings. The lowest BCUT2D eigenvalue weighted by Crippen LogP contribution is -2.44. The summed E-state index contributed by atoms with van der Waals surface area (Å²) < 4.78 is 6.50. The Balaban J connectivity index is 1.92. The summed E-state index contributed by atoms with van der Waals surface area (Å²) >= 11 is 3.53. The van der Waals surface area contributed by atoms with E-state index in [-0.39, 0.29) is 6.04 Å². The Kier molecular flexibility index (Phi) is 3.87. The van der Waals surface area contributed by atoms with Crippen LogP contribution in [0.5, 0.6) is 0 Å². The molecule has 1 aromatic heterocycles. The van der Waals surface area contributed by atoms with Gasteiger partial charge >= 0.3 is 0 Å². The third-order valence-corrected chi connectivity index (χ3v) is 4.61. The first-order chi connectivity index (χ1) is 9.66. The van der Waals surface area contributed by atoms with E-state index in [0.717, 1.165) is 41.1 Å². The average Bonchev–Trinajstić information content (AvgIpc) is 2.92. The molecule has 3 rings (SSSR count). The first-order valence-corrected chi connectivity index (χ1v) is 7.46. The molecule has 6 heteroatoms. The fraction of sp³-hybridized carbons (Fsp3) is 0.429. The van der Waals surface area contributed by atoms with Gasteiger partial charge in [-0.2, -0.15) is 4.98 Å². The average molecular weight is 337 g/mol. The minimum Gasteiger partial charge on any atom is -0.334 e. The standard InChI is InChI=1S/C14H17BrN4O/c1-9-10(4-3-5-11(9)15)14-17-13(18-20-14)12-8-16-6-7-19(12)2/h3-5,12,16H,6-8H2,1-2H3. The lowest BCUT2D eigenvalue weighted by molar-refractivity contribution is 0.190. The van der Waals surface area contributed by atoms with E-state index in [2.05, 4.69) is 43.3 Å². The fourth-order valence-corrected chi connectivity index (χ4v) is 2.78. The Bertz CT molecular complexity index is 613. The van der Waals surface area contributed by atoms with Gasteiger partial charge in [0.1, 0.15) is 0 Å². The smallest absolute Gasteiger partial charge is 0.258 e. The number of nitrogens with one attached hydrogen (secondary N) is 1. The predicted octanol–water partition coefficient (Wildman–Crippen LogP) is 2.38. The van der Waals surface area contributed by atoms with Crippen molar-refractivity contribution < 1.29 is 4.52 Å². The second-order valence-electron chi connectivity index (χ2n) is 5.07. The minimum atomic E-state index is 0.175. The highest BCUT2D eigenvalue weighted by atomic mass is 79.9. The molecule has 1 aliphatic heterocycles. The summed E-state index contributed by atoms with van der Waals surface area (Å²) in [6.45, 7) is 4.89. The lowest BCUT2D eigenvalue weighted by atomic mass is 10.1. The third kappa shape index (κ3) is 2.51. The first-order valence-electron chi connectivity index (χ1n) is 6.67. The molecule has 1 atom stereocenters. The molecule has 106 valence electrons. The van der Waals surface area contributed by atoms with Crippen molar-refractivity contribution in [2.75, 3.05) is 26.7 Å². The third-order valence-electron chi connectivity index (χ3n) is 3.75. The van der Waals surface area contributed by atoms with Crippen LogP contribution >= 0.6 is 15.9 Å². The number of piperazine rings is 1. The van der Waals surface area contributed by atoms with Gasteiger partial charge in [0.15, 0.2) is 5.82 Å². The molecule has 5 nitrogen and oxygen atoms in total.